The molecule has 0 fully saturated rings. The van der Waals surface area contributed by atoms with Crippen molar-refractivity contribution in [3.63, 3.8) is 0 Å². The molecule has 0 radical (unpaired) electrons. The molecule has 0 amide bonds. The topological polar surface area (TPSA) is 12.0 Å². The fourth-order valence-corrected chi connectivity index (χ4v) is 3.24. The lowest BCUT2D eigenvalue weighted by Crippen LogP contribution is -2.29. The molecule has 1 rings (SSSR count). The monoisotopic (exact) mass is 267 g/mol. The van der Waals surface area contributed by atoms with Crippen LogP contribution in [0.25, 0.3) is 0 Å². The van der Waals surface area contributed by atoms with E-state index in [1.807, 2.05) is 11.3 Å². The Hall–Kier alpha value is -0.340. The summed E-state index contributed by atoms with van der Waals surface area (Å²) in [5.74, 6) is 0. The molecule has 0 aliphatic carbocycles. The van der Waals surface area contributed by atoms with Gasteiger partial charge in [-0.25, -0.2) is 0 Å². The van der Waals surface area contributed by atoms with Crippen molar-refractivity contribution in [1.82, 2.24) is 5.32 Å². The van der Waals surface area contributed by atoms with E-state index in [2.05, 4.69) is 43.6 Å². The van der Waals surface area contributed by atoms with Crippen molar-refractivity contribution < 1.29 is 0 Å². The second-order valence-electron chi connectivity index (χ2n) is 5.25. The van der Waals surface area contributed by atoms with E-state index in [4.69, 9.17) is 0 Å². The molecule has 0 aliphatic rings. The van der Waals surface area contributed by atoms with E-state index < -0.39 is 0 Å². The van der Waals surface area contributed by atoms with Crippen LogP contribution in [0.15, 0.2) is 17.5 Å². The van der Waals surface area contributed by atoms with Crippen LogP contribution in [0.4, 0.5) is 0 Å². The maximum Gasteiger partial charge on any atom is 0.0414 e. The summed E-state index contributed by atoms with van der Waals surface area (Å²) in [6.07, 6.45) is 9.40. The zero-order chi connectivity index (χ0) is 13.2. The molecule has 0 bridgehead atoms. The van der Waals surface area contributed by atoms with Crippen LogP contribution in [0.3, 0.4) is 0 Å². The van der Waals surface area contributed by atoms with E-state index >= 15 is 0 Å². The number of rotatable bonds is 10. The van der Waals surface area contributed by atoms with Crippen LogP contribution in [-0.4, -0.2) is 6.04 Å². The van der Waals surface area contributed by atoms with Crippen LogP contribution in [0.1, 0.15) is 76.6 Å². The molecule has 0 saturated carbocycles. The smallest absolute Gasteiger partial charge is 0.0414 e. The Morgan fingerprint density at radius 3 is 2.56 bits per heavy atom. The average Bonchev–Trinajstić information content (AvgIpc) is 2.89. The quantitative estimate of drug-likeness (QED) is 0.549. The van der Waals surface area contributed by atoms with Crippen LogP contribution in [0, 0.1) is 0 Å². The molecule has 1 aromatic rings. The van der Waals surface area contributed by atoms with Gasteiger partial charge in [0, 0.05) is 17.0 Å². The first kappa shape index (κ1) is 15.7. The van der Waals surface area contributed by atoms with Crippen LogP contribution in [-0.2, 0) is 0 Å². The summed E-state index contributed by atoms with van der Waals surface area (Å²) in [6.45, 7) is 6.87. The molecule has 0 spiro atoms. The van der Waals surface area contributed by atoms with Gasteiger partial charge in [0.15, 0.2) is 0 Å². The van der Waals surface area contributed by atoms with Gasteiger partial charge in [0.1, 0.15) is 0 Å². The summed E-state index contributed by atoms with van der Waals surface area (Å²) in [6, 6.07) is 5.59. The maximum atomic E-state index is 3.77. The van der Waals surface area contributed by atoms with Gasteiger partial charge < -0.3 is 5.32 Å². The summed E-state index contributed by atoms with van der Waals surface area (Å²) in [5, 5.41) is 5.95. The Kier molecular flexibility index (Phi) is 8.36. The molecular formula is C16H29NS. The summed E-state index contributed by atoms with van der Waals surface area (Å²) in [7, 11) is 0. The van der Waals surface area contributed by atoms with E-state index in [1.54, 1.807) is 0 Å². The molecule has 18 heavy (non-hydrogen) atoms. The second kappa shape index (κ2) is 9.57. The van der Waals surface area contributed by atoms with Gasteiger partial charge in [-0.1, -0.05) is 52.0 Å². The largest absolute Gasteiger partial charge is 0.307 e. The first-order valence-electron chi connectivity index (χ1n) is 7.57. The number of nitrogens with one attached hydrogen (secondary N) is 1. The molecule has 2 unspecified atom stereocenters. The van der Waals surface area contributed by atoms with Crippen molar-refractivity contribution in [2.24, 2.45) is 0 Å². The molecule has 0 saturated heterocycles. The van der Waals surface area contributed by atoms with E-state index in [-0.39, 0.29) is 0 Å². The lowest BCUT2D eigenvalue weighted by Gasteiger charge is -2.21. The highest BCUT2D eigenvalue weighted by atomic mass is 32.1. The fraction of sp³-hybridized carbons (Fsp3) is 0.750. The molecule has 2 heteroatoms. The van der Waals surface area contributed by atoms with Gasteiger partial charge in [-0.3, -0.25) is 0 Å². The molecule has 104 valence electrons. The number of unbranched alkanes of at least 4 members (excludes halogenated alkanes) is 4. The number of hydrogen-bond acceptors (Lipinski definition) is 2. The minimum absolute atomic E-state index is 0.552. The molecule has 0 aromatic carbocycles. The highest BCUT2D eigenvalue weighted by Gasteiger charge is 2.12. The minimum Gasteiger partial charge on any atom is -0.307 e. The van der Waals surface area contributed by atoms with Gasteiger partial charge in [-0.15, -0.1) is 11.3 Å². The van der Waals surface area contributed by atoms with Gasteiger partial charge >= 0.3 is 0 Å². The fourth-order valence-electron chi connectivity index (χ4n) is 2.37. The van der Waals surface area contributed by atoms with Crippen LogP contribution in [0.2, 0.25) is 0 Å². The third kappa shape index (κ3) is 6.01. The maximum absolute atomic E-state index is 3.77. The summed E-state index contributed by atoms with van der Waals surface area (Å²) in [5.41, 5.74) is 0. The van der Waals surface area contributed by atoms with Crippen molar-refractivity contribution in [1.29, 1.82) is 0 Å². The lowest BCUT2D eigenvalue weighted by atomic mass is 10.1. The van der Waals surface area contributed by atoms with Crippen molar-refractivity contribution in [2.75, 3.05) is 0 Å². The SMILES string of the molecule is CCCCCCCC(C)NC(CC)c1cccs1. The minimum atomic E-state index is 0.552. The predicted octanol–water partition coefficient (Wildman–Crippen LogP) is 5.54. The Balaban J connectivity index is 2.19. The summed E-state index contributed by atoms with van der Waals surface area (Å²) >= 11 is 1.87. The van der Waals surface area contributed by atoms with Gasteiger partial charge in [-0.2, -0.15) is 0 Å². The van der Waals surface area contributed by atoms with Gasteiger partial charge in [0.2, 0.25) is 0 Å². The van der Waals surface area contributed by atoms with Gasteiger partial charge in [0.05, 0.1) is 0 Å². The Bertz CT molecular complexity index is 281. The van der Waals surface area contributed by atoms with Gasteiger partial charge in [-0.05, 0) is 31.2 Å². The van der Waals surface area contributed by atoms with E-state index in [0.29, 0.717) is 12.1 Å². The van der Waals surface area contributed by atoms with E-state index in [1.165, 1.54) is 49.8 Å². The van der Waals surface area contributed by atoms with E-state index in [9.17, 15) is 0 Å². The second-order valence-corrected chi connectivity index (χ2v) is 6.23. The Morgan fingerprint density at radius 1 is 1.17 bits per heavy atom. The Morgan fingerprint density at radius 2 is 1.94 bits per heavy atom. The standard InChI is InChI=1S/C16H29NS/c1-4-6-7-8-9-11-14(3)17-15(5-2)16-12-10-13-18-16/h10,12-15,17H,4-9,11H2,1-3H3. The molecule has 0 aliphatic heterocycles. The third-order valence-electron chi connectivity index (χ3n) is 3.52. The summed E-state index contributed by atoms with van der Waals surface area (Å²) < 4.78 is 0. The predicted molar refractivity (Wildman–Crippen MR) is 83.3 cm³/mol. The molecular weight excluding hydrogens is 238 g/mol. The van der Waals surface area contributed by atoms with E-state index in [0.717, 1.165) is 0 Å². The molecule has 1 heterocycles. The zero-order valence-corrected chi connectivity index (χ0v) is 13.1. The summed E-state index contributed by atoms with van der Waals surface area (Å²) in [4.78, 5) is 1.48. The normalized spacial score (nSPS) is 14.6. The van der Waals surface area contributed by atoms with Gasteiger partial charge in [0.25, 0.3) is 0 Å². The lowest BCUT2D eigenvalue weighted by molar-refractivity contribution is 0.416. The van der Waals surface area contributed by atoms with Crippen LogP contribution < -0.4 is 5.32 Å². The third-order valence-corrected chi connectivity index (χ3v) is 4.51. The van der Waals surface area contributed by atoms with Crippen molar-refractivity contribution in [3.8, 4) is 0 Å². The van der Waals surface area contributed by atoms with Crippen LogP contribution in [0.5, 0.6) is 0 Å². The Labute approximate surface area is 117 Å². The highest BCUT2D eigenvalue weighted by molar-refractivity contribution is 7.10. The van der Waals surface area contributed by atoms with Crippen molar-refractivity contribution in [3.05, 3.63) is 22.4 Å². The number of hydrogen-bond donors (Lipinski definition) is 1. The first-order chi connectivity index (χ1) is 8.77. The van der Waals surface area contributed by atoms with Crippen molar-refractivity contribution >= 4 is 11.3 Å². The zero-order valence-electron chi connectivity index (χ0n) is 12.2. The molecule has 1 N–H and O–H groups in total. The molecule has 2 atom stereocenters. The first-order valence-corrected chi connectivity index (χ1v) is 8.45. The van der Waals surface area contributed by atoms with Crippen LogP contribution >= 0.6 is 11.3 Å². The average molecular weight is 267 g/mol. The molecule has 1 nitrogen and oxygen atoms in total. The number of thiophene rings is 1. The molecule has 1 aromatic heterocycles. The highest BCUT2D eigenvalue weighted by Crippen LogP contribution is 2.22. The van der Waals surface area contributed by atoms with Crippen molar-refractivity contribution in [2.45, 2.75) is 77.8 Å².